The molecular formula is C17H16F7N3OS. The molecule has 1 amide bonds. The number of amides is 1. The van der Waals surface area contributed by atoms with Gasteiger partial charge in [-0.2, -0.15) is 43.4 Å². The highest BCUT2D eigenvalue weighted by Gasteiger charge is 2.47. The molecule has 2 rings (SSSR count). The summed E-state index contributed by atoms with van der Waals surface area (Å²) in [6, 6.07) is 1.10. The minimum absolute atomic E-state index is 0.242. The first-order valence-electron chi connectivity index (χ1n) is 8.31. The van der Waals surface area contributed by atoms with Crippen LogP contribution in [0.15, 0.2) is 24.3 Å². The van der Waals surface area contributed by atoms with E-state index >= 15 is 0 Å². The van der Waals surface area contributed by atoms with Crippen molar-refractivity contribution in [1.82, 2.24) is 10.6 Å². The van der Waals surface area contributed by atoms with Crippen molar-refractivity contribution >= 4 is 17.7 Å². The average molecular weight is 443 g/mol. The van der Waals surface area contributed by atoms with Gasteiger partial charge < -0.3 is 5.32 Å². The van der Waals surface area contributed by atoms with Crippen molar-refractivity contribution in [3.8, 4) is 6.07 Å². The number of carbonyl (C=O) groups is 1. The highest BCUT2D eigenvalue weighted by molar-refractivity contribution is 7.99. The van der Waals surface area contributed by atoms with E-state index in [2.05, 4.69) is 5.32 Å². The van der Waals surface area contributed by atoms with Crippen LogP contribution in [0.5, 0.6) is 0 Å². The summed E-state index contributed by atoms with van der Waals surface area (Å²) in [4.78, 5) is 12.4. The molecule has 0 heterocycles. The molecule has 0 radical (unpaired) electrons. The largest absolute Gasteiger partial charge is 0.407 e. The zero-order valence-electron chi connectivity index (χ0n) is 14.7. The van der Waals surface area contributed by atoms with E-state index < -0.39 is 58.8 Å². The molecule has 2 N–H and O–H groups in total. The van der Waals surface area contributed by atoms with Crippen molar-refractivity contribution in [2.75, 3.05) is 11.5 Å². The number of hydrogen-bond acceptors (Lipinski definition) is 4. The Kier molecular flexibility index (Phi) is 7.06. The highest BCUT2D eigenvalue weighted by atomic mass is 32.2. The predicted molar refractivity (Wildman–Crippen MR) is 91.2 cm³/mol. The number of benzene rings is 1. The summed E-state index contributed by atoms with van der Waals surface area (Å²) >= 11 is 0.242. The van der Waals surface area contributed by atoms with Crippen molar-refractivity contribution < 1.29 is 35.5 Å². The van der Waals surface area contributed by atoms with Gasteiger partial charge in [-0.1, -0.05) is 12.1 Å². The van der Waals surface area contributed by atoms with E-state index in [0.717, 1.165) is 24.3 Å². The molecule has 1 aromatic carbocycles. The predicted octanol–water partition coefficient (Wildman–Crippen LogP) is 3.86. The van der Waals surface area contributed by atoms with Gasteiger partial charge in [0.25, 0.3) is 0 Å². The van der Waals surface area contributed by atoms with E-state index in [1.54, 1.807) is 0 Å². The summed E-state index contributed by atoms with van der Waals surface area (Å²) in [5, 5.41) is 13.4. The Morgan fingerprint density at radius 2 is 1.76 bits per heavy atom. The van der Waals surface area contributed by atoms with Crippen molar-refractivity contribution in [3.05, 3.63) is 35.6 Å². The summed E-state index contributed by atoms with van der Waals surface area (Å²) < 4.78 is 90.8. The van der Waals surface area contributed by atoms with Gasteiger partial charge in [-0.25, -0.2) is 4.39 Å². The van der Waals surface area contributed by atoms with Crippen LogP contribution in [0, 0.1) is 17.1 Å². The van der Waals surface area contributed by atoms with Gasteiger partial charge in [0.2, 0.25) is 5.91 Å². The molecule has 0 spiro atoms. The number of halogens is 7. The molecule has 1 saturated carbocycles. The van der Waals surface area contributed by atoms with E-state index in [1.165, 1.54) is 0 Å². The summed E-state index contributed by atoms with van der Waals surface area (Å²) in [5.74, 6) is -3.74. The first-order chi connectivity index (χ1) is 13.4. The maximum atomic E-state index is 13.5. The Labute approximate surface area is 165 Å². The summed E-state index contributed by atoms with van der Waals surface area (Å²) in [7, 11) is 0. The standard InChI is InChI=1S/C17H16F7N3OS/c18-11-3-1-10(2-4-11)13(17(22,23)24)26-12(7-29-9-16(19,20)21)14(28)27-15(8-25)5-6-15/h1-4,12-13,26H,5-7,9H2,(H,27,28). The summed E-state index contributed by atoms with van der Waals surface area (Å²) in [5.41, 5.74) is -1.60. The molecule has 4 nitrogen and oxygen atoms in total. The number of carbonyl (C=O) groups excluding carboxylic acids is 1. The molecule has 0 bridgehead atoms. The van der Waals surface area contributed by atoms with Crippen molar-refractivity contribution in [2.24, 2.45) is 0 Å². The zero-order valence-corrected chi connectivity index (χ0v) is 15.5. The van der Waals surface area contributed by atoms with E-state index in [1.807, 2.05) is 11.4 Å². The van der Waals surface area contributed by atoms with Gasteiger partial charge in [-0.15, -0.1) is 0 Å². The molecule has 1 fully saturated rings. The summed E-state index contributed by atoms with van der Waals surface area (Å²) in [6.45, 7) is 0. The monoisotopic (exact) mass is 443 g/mol. The third kappa shape index (κ3) is 7.08. The number of rotatable bonds is 8. The Morgan fingerprint density at radius 3 is 2.21 bits per heavy atom. The van der Waals surface area contributed by atoms with E-state index in [-0.39, 0.29) is 11.8 Å². The fourth-order valence-corrected chi connectivity index (χ4v) is 3.27. The number of hydrogen-bond donors (Lipinski definition) is 2. The first kappa shape index (κ1) is 23.3. The van der Waals surface area contributed by atoms with E-state index in [9.17, 15) is 35.5 Å². The molecule has 29 heavy (non-hydrogen) atoms. The molecular weight excluding hydrogens is 427 g/mol. The Morgan fingerprint density at radius 1 is 1.17 bits per heavy atom. The zero-order chi connectivity index (χ0) is 21.9. The van der Waals surface area contributed by atoms with Crippen LogP contribution >= 0.6 is 11.8 Å². The number of nitrogens with one attached hydrogen (secondary N) is 2. The second-order valence-corrected chi connectivity index (χ2v) is 7.59. The molecule has 160 valence electrons. The third-order valence-corrected chi connectivity index (χ3v) is 5.19. The fourth-order valence-electron chi connectivity index (χ4n) is 2.44. The van der Waals surface area contributed by atoms with Crippen molar-refractivity contribution in [3.63, 3.8) is 0 Å². The lowest BCUT2D eigenvalue weighted by atomic mass is 10.0. The molecule has 0 aromatic heterocycles. The average Bonchev–Trinajstić information content (AvgIpc) is 3.37. The minimum Gasteiger partial charge on any atom is -0.336 e. The van der Waals surface area contributed by atoms with Crippen LogP contribution in [0.3, 0.4) is 0 Å². The van der Waals surface area contributed by atoms with Crippen LogP contribution < -0.4 is 10.6 Å². The van der Waals surface area contributed by atoms with Gasteiger partial charge in [0.05, 0.1) is 17.9 Å². The van der Waals surface area contributed by atoms with Gasteiger partial charge in [-0.05, 0) is 30.5 Å². The number of thioether (sulfide) groups is 1. The van der Waals surface area contributed by atoms with Crippen LogP contribution in [-0.2, 0) is 4.79 Å². The Bertz CT molecular complexity index is 754. The quantitative estimate of drug-likeness (QED) is 0.599. The lowest BCUT2D eigenvalue weighted by Crippen LogP contribution is -2.53. The van der Waals surface area contributed by atoms with Gasteiger partial charge in [0.15, 0.2) is 0 Å². The SMILES string of the molecule is N#CC1(NC(=O)C(CSCC(F)(F)F)NC(c2ccc(F)cc2)C(F)(F)F)CC1. The second kappa shape index (κ2) is 8.79. The molecule has 1 aliphatic carbocycles. The highest BCUT2D eigenvalue weighted by Crippen LogP contribution is 2.36. The van der Waals surface area contributed by atoms with Crippen LogP contribution in [0.2, 0.25) is 0 Å². The van der Waals surface area contributed by atoms with Crippen LogP contribution in [-0.4, -0.2) is 41.3 Å². The molecule has 2 unspecified atom stereocenters. The van der Waals surface area contributed by atoms with Gasteiger partial charge in [0, 0.05) is 5.75 Å². The molecule has 0 saturated heterocycles. The lowest BCUT2D eigenvalue weighted by molar-refractivity contribution is -0.160. The minimum atomic E-state index is -4.91. The number of nitrogens with zero attached hydrogens (tertiary/aromatic N) is 1. The van der Waals surface area contributed by atoms with Crippen molar-refractivity contribution in [1.29, 1.82) is 5.26 Å². The van der Waals surface area contributed by atoms with Gasteiger partial charge in [-0.3, -0.25) is 10.1 Å². The third-order valence-electron chi connectivity index (χ3n) is 4.09. The van der Waals surface area contributed by atoms with E-state index in [0.29, 0.717) is 12.8 Å². The topological polar surface area (TPSA) is 64.9 Å². The summed E-state index contributed by atoms with van der Waals surface area (Å²) in [6.07, 6.45) is -8.86. The first-order valence-corrected chi connectivity index (χ1v) is 9.47. The Balaban J connectivity index is 2.20. The molecule has 1 aromatic rings. The normalized spacial score (nSPS) is 17.9. The molecule has 2 atom stereocenters. The fraction of sp³-hybridized carbons (Fsp3) is 0.529. The molecule has 1 aliphatic rings. The maximum absolute atomic E-state index is 13.5. The van der Waals surface area contributed by atoms with Gasteiger partial charge >= 0.3 is 12.4 Å². The van der Waals surface area contributed by atoms with Gasteiger partial charge in [0.1, 0.15) is 17.4 Å². The maximum Gasteiger partial charge on any atom is 0.407 e. The van der Waals surface area contributed by atoms with E-state index in [4.69, 9.17) is 5.26 Å². The number of nitriles is 1. The van der Waals surface area contributed by atoms with Crippen LogP contribution in [0.1, 0.15) is 24.4 Å². The Hall–Kier alpha value is -2.00. The van der Waals surface area contributed by atoms with Crippen molar-refractivity contribution in [2.45, 2.75) is 42.8 Å². The molecule has 0 aliphatic heterocycles. The molecule has 12 heteroatoms. The lowest BCUT2D eigenvalue weighted by Gasteiger charge is -2.28. The van der Waals surface area contributed by atoms with Crippen LogP contribution in [0.4, 0.5) is 30.7 Å². The van der Waals surface area contributed by atoms with Crippen LogP contribution in [0.25, 0.3) is 0 Å². The number of alkyl halides is 6. The smallest absolute Gasteiger partial charge is 0.336 e. The second-order valence-electron chi connectivity index (χ2n) is 6.56.